The molecule has 2 fully saturated rings. The molecular weight excluding hydrogens is 453 g/mol. The summed E-state index contributed by atoms with van der Waals surface area (Å²) in [7, 11) is 0. The third-order valence-electron chi connectivity index (χ3n) is 8.93. The summed E-state index contributed by atoms with van der Waals surface area (Å²) in [5.41, 5.74) is -0.152. The van der Waals surface area contributed by atoms with Gasteiger partial charge in [-0.15, -0.1) is 0 Å². The highest BCUT2D eigenvalue weighted by molar-refractivity contribution is 5.89. The summed E-state index contributed by atoms with van der Waals surface area (Å²) in [5.74, 6) is -0.309. The average Bonchev–Trinajstić information content (AvgIpc) is 2.80. The van der Waals surface area contributed by atoms with E-state index in [1.807, 2.05) is 26.8 Å². The molecule has 2 aliphatic carbocycles. The lowest BCUT2D eigenvalue weighted by atomic mass is 9.53. The molecule has 192 valence electrons. The SMILES string of the molecule is CCC1CCC(Oc2ccc3ccc([C@@H](C)C[C@@H]4C[C@@H](C(=O)O)C4(C)C)cc3c2C(F)(F)F)CC1. The van der Waals surface area contributed by atoms with Gasteiger partial charge in [-0.1, -0.05) is 58.4 Å². The maximum atomic E-state index is 14.3. The number of carboxylic acids is 1. The van der Waals surface area contributed by atoms with Gasteiger partial charge in [-0.25, -0.2) is 0 Å². The fourth-order valence-electron chi connectivity index (χ4n) is 6.25. The van der Waals surface area contributed by atoms with Crippen molar-refractivity contribution >= 4 is 16.7 Å². The van der Waals surface area contributed by atoms with E-state index in [2.05, 4.69) is 6.92 Å². The van der Waals surface area contributed by atoms with Crippen molar-refractivity contribution in [2.45, 2.75) is 90.8 Å². The molecule has 0 saturated heterocycles. The fraction of sp³-hybridized carbons (Fsp3) is 0.621. The van der Waals surface area contributed by atoms with E-state index in [1.165, 1.54) is 6.07 Å². The van der Waals surface area contributed by atoms with Gasteiger partial charge in [0.25, 0.3) is 0 Å². The van der Waals surface area contributed by atoms with Crippen LogP contribution in [0.25, 0.3) is 10.8 Å². The third kappa shape index (κ3) is 5.17. The van der Waals surface area contributed by atoms with Crippen molar-refractivity contribution in [1.82, 2.24) is 0 Å². The van der Waals surface area contributed by atoms with Gasteiger partial charge in [-0.3, -0.25) is 4.79 Å². The fourth-order valence-corrected chi connectivity index (χ4v) is 6.25. The van der Waals surface area contributed by atoms with Gasteiger partial charge >= 0.3 is 12.1 Å². The lowest BCUT2D eigenvalue weighted by Gasteiger charge is -2.51. The topological polar surface area (TPSA) is 46.5 Å². The number of rotatable bonds is 7. The third-order valence-corrected chi connectivity index (χ3v) is 8.93. The summed E-state index contributed by atoms with van der Waals surface area (Å²) in [5, 5.41) is 10.1. The zero-order valence-corrected chi connectivity index (χ0v) is 21.1. The van der Waals surface area contributed by atoms with Crippen molar-refractivity contribution in [2.24, 2.45) is 23.2 Å². The van der Waals surface area contributed by atoms with Crippen molar-refractivity contribution in [2.75, 3.05) is 0 Å². The first kappa shape index (κ1) is 25.8. The van der Waals surface area contributed by atoms with Crippen LogP contribution in [0, 0.1) is 23.2 Å². The molecule has 2 aromatic carbocycles. The van der Waals surface area contributed by atoms with Crippen LogP contribution in [-0.2, 0) is 11.0 Å². The Hall–Kier alpha value is -2.24. The molecule has 1 N–H and O–H groups in total. The van der Waals surface area contributed by atoms with E-state index < -0.39 is 17.7 Å². The Balaban J connectivity index is 1.60. The molecule has 0 radical (unpaired) electrons. The number of carboxylic acid groups (broad SMARTS) is 1. The Morgan fingerprint density at radius 1 is 1.14 bits per heavy atom. The molecule has 3 atom stereocenters. The van der Waals surface area contributed by atoms with Gasteiger partial charge in [-0.05, 0) is 84.1 Å². The van der Waals surface area contributed by atoms with Crippen LogP contribution in [0.2, 0.25) is 0 Å². The number of ether oxygens (including phenoxy) is 1. The smallest absolute Gasteiger partial charge is 0.420 e. The zero-order chi connectivity index (χ0) is 25.5. The van der Waals surface area contributed by atoms with Crippen molar-refractivity contribution in [3.63, 3.8) is 0 Å². The normalized spacial score (nSPS) is 27.3. The van der Waals surface area contributed by atoms with Crippen molar-refractivity contribution < 1.29 is 27.8 Å². The monoisotopic (exact) mass is 490 g/mol. The second-order valence-corrected chi connectivity index (χ2v) is 11.4. The van der Waals surface area contributed by atoms with E-state index in [0.717, 1.165) is 44.1 Å². The standard InChI is InChI=1S/C29H37F3O3/c1-5-18-6-11-22(12-7-18)35-25-13-10-19-8-9-20(15-23(19)26(25)29(30,31)32)17(2)14-21-16-24(27(33)34)28(21,3)4/h8-10,13,15,17-18,21-22,24H,5-7,11-12,14,16H2,1-4H3,(H,33,34)/t17-,18?,21+,22?,24-/m0/s1. The molecular formula is C29H37F3O3. The minimum absolute atomic E-state index is 0.0217. The number of halogens is 3. The van der Waals surface area contributed by atoms with Crippen LogP contribution < -0.4 is 4.74 Å². The highest BCUT2D eigenvalue weighted by atomic mass is 19.4. The number of hydrogen-bond acceptors (Lipinski definition) is 2. The van der Waals surface area contributed by atoms with E-state index in [1.54, 1.807) is 18.2 Å². The predicted molar refractivity (Wildman–Crippen MR) is 132 cm³/mol. The van der Waals surface area contributed by atoms with E-state index >= 15 is 0 Å². The van der Waals surface area contributed by atoms with Gasteiger partial charge in [0.05, 0.1) is 12.0 Å². The van der Waals surface area contributed by atoms with Crippen molar-refractivity contribution in [1.29, 1.82) is 0 Å². The molecule has 0 amide bonds. The van der Waals surface area contributed by atoms with Gasteiger partial charge in [0, 0.05) is 0 Å². The molecule has 0 heterocycles. The summed E-state index contributed by atoms with van der Waals surface area (Å²) >= 11 is 0. The second kappa shape index (κ2) is 9.67. The summed E-state index contributed by atoms with van der Waals surface area (Å²) in [6.45, 7) is 8.13. The highest BCUT2D eigenvalue weighted by Gasteiger charge is 2.51. The average molecular weight is 491 g/mol. The maximum absolute atomic E-state index is 14.3. The van der Waals surface area contributed by atoms with Crippen LogP contribution in [0.15, 0.2) is 30.3 Å². The molecule has 4 rings (SSSR count). The number of benzene rings is 2. The van der Waals surface area contributed by atoms with E-state index in [0.29, 0.717) is 17.7 Å². The Bertz CT molecular complexity index is 1070. The number of hydrogen-bond donors (Lipinski definition) is 1. The molecule has 3 nitrogen and oxygen atoms in total. The van der Waals surface area contributed by atoms with Crippen LogP contribution >= 0.6 is 0 Å². The molecule has 2 saturated carbocycles. The molecule has 0 spiro atoms. The molecule has 0 unspecified atom stereocenters. The van der Waals surface area contributed by atoms with Crippen LogP contribution in [0.3, 0.4) is 0 Å². The summed E-state index contributed by atoms with van der Waals surface area (Å²) in [4.78, 5) is 11.5. The molecule has 2 aromatic rings. The Morgan fingerprint density at radius 3 is 2.37 bits per heavy atom. The molecule has 2 aliphatic rings. The van der Waals surface area contributed by atoms with Crippen LogP contribution in [0.5, 0.6) is 5.75 Å². The van der Waals surface area contributed by atoms with Crippen molar-refractivity contribution in [3.8, 4) is 5.75 Å². The van der Waals surface area contributed by atoms with Gasteiger partial charge in [-0.2, -0.15) is 13.2 Å². The van der Waals surface area contributed by atoms with Crippen molar-refractivity contribution in [3.05, 3.63) is 41.5 Å². The number of aliphatic carboxylic acids is 1. The minimum atomic E-state index is -4.53. The zero-order valence-electron chi connectivity index (χ0n) is 21.1. The second-order valence-electron chi connectivity index (χ2n) is 11.4. The first-order valence-electron chi connectivity index (χ1n) is 12.9. The van der Waals surface area contributed by atoms with E-state index in [-0.39, 0.29) is 40.4 Å². The van der Waals surface area contributed by atoms with Gasteiger partial charge < -0.3 is 9.84 Å². The molecule has 0 bridgehead atoms. The molecule has 0 aliphatic heterocycles. The quantitative estimate of drug-likeness (QED) is 0.423. The van der Waals surface area contributed by atoms with E-state index in [9.17, 15) is 23.1 Å². The number of carbonyl (C=O) groups is 1. The van der Waals surface area contributed by atoms with Crippen LogP contribution in [0.1, 0.15) is 89.7 Å². The highest BCUT2D eigenvalue weighted by Crippen LogP contribution is 2.55. The largest absolute Gasteiger partial charge is 0.490 e. The first-order chi connectivity index (χ1) is 16.4. The maximum Gasteiger partial charge on any atom is 0.420 e. The molecule has 0 aromatic heterocycles. The Kier molecular flexibility index (Phi) is 7.14. The lowest BCUT2D eigenvalue weighted by molar-refractivity contribution is -0.159. The summed E-state index contributed by atoms with van der Waals surface area (Å²) < 4.78 is 49.0. The first-order valence-corrected chi connectivity index (χ1v) is 12.9. The van der Waals surface area contributed by atoms with Gasteiger partial charge in [0.1, 0.15) is 11.3 Å². The summed E-state index contributed by atoms with van der Waals surface area (Å²) in [6.07, 6.45) is 1.34. The van der Waals surface area contributed by atoms with E-state index in [4.69, 9.17) is 4.74 Å². The molecule has 35 heavy (non-hydrogen) atoms. The number of alkyl halides is 3. The Labute approximate surface area is 206 Å². The van der Waals surface area contributed by atoms with Crippen LogP contribution in [-0.4, -0.2) is 17.2 Å². The summed E-state index contributed by atoms with van der Waals surface area (Å²) in [6, 6.07) is 8.53. The molecule has 6 heteroatoms. The van der Waals surface area contributed by atoms with Crippen LogP contribution in [0.4, 0.5) is 13.2 Å². The minimum Gasteiger partial charge on any atom is -0.490 e. The number of fused-ring (bicyclic) bond motifs is 1. The lowest BCUT2D eigenvalue weighted by Crippen LogP contribution is -2.49. The predicted octanol–water partition coefficient (Wildman–Crippen LogP) is 8.45. The Morgan fingerprint density at radius 2 is 1.80 bits per heavy atom. The van der Waals surface area contributed by atoms with Gasteiger partial charge in [0.15, 0.2) is 0 Å². The van der Waals surface area contributed by atoms with Gasteiger partial charge in [0.2, 0.25) is 0 Å².